The number of nitrogens with zero attached hydrogens (tertiary/aromatic N) is 1. The van der Waals surface area contributed by atoms with Crippen molar-refractivity contribution >= 4 is 21.8 Å². The lowest BCUT2D eigenvalue weighted by Crippen LogP contribution is -2.30. The largest absolute Gasteiger partial charge is 0.454 e. The van der Waals surface area contributed by atoms with E-state index in [0.717, 1.165) is 5.56 Å². The Kier molecular flexibility index (Phi) is 7.70. The highest BCUT2D eigenvalue weighted by molar-refractivity contribution is 7.89. The lowest BCUT2D eigenvalue weighted by molar-refractivity contribution is 0.0474. The van der Waals surface area contributed by atoms with Crippen LogP contribution >= 0.6 is 0 Å². The number of ketones is 1. The second kappa shape index (κ2) is 9.80. The van der Waals surface area contributed by atoms with Crippen LogP contribution in [-0.2, 0) is 14.8 Å². The van der Waals surface area contributed by atoms with Crippen molar-refractivity contribution in [2.45, 2.75) is 38.5 Å². The van der Waals surface area contributed by atoms with Gasteiger partial charge in [-0.15, -0.1) is 0 Å². The molecule has 0 unspecified atom stereocenters. The lowest BCUT2D eigenvalue weighted by atomic mass is 10.0. The minimum Gasteiger partial charge on any atom is -0.454 e. The first-order valence-electron chi connectivity index (χ1n) is 9.61. The van der Waals surface area contributed by atoms with Gasteiger partial charge < -0.3 is 4.74 Å². The Bertz CT molecular complexity index is 961. The second-order valence-corrected chi connectivity index (χ2v) is 8.83. The van der Waals surface area contributed by atoms with Crippen molar-refractivity contribution in [1.82, 2.24) is 4.31 Å². The van der Waals surface area contributed by atoms with Gasteiger partial charge in [-0.3, -0.25) is 4.79 Å². The maximum Gasteiger partial charge on any atom is 0.338 e. The fourth-order valence-corrected chi connectivity index (χ4v) is 4.35. The SMILES string of the molecule is CCN(CC)S(=O)(=O)c1cccc(C(=O)OCC(=O)c2ccc(C(C)C)cc2)c1. The first-order valence-corrected chi connectivity index (χ1v) is 11.0. The quantitative estimate of drug-likeness (QED) is 0.457. The van der Waals surface area contributed by atoms with E-state index in [1.807, 2.05) is 12.1 Å². The Hall–Kier alpha value is -2.51. The van der Waals surface area contributed by atoms with E-state index in [2.05, 4.69) is 13.8 Å². The van der Waals surface area contributed by atoms with Gasteiger partial charge in [0.15, 0.2) is 12.4 Å². The molecule has 7 heteroatoms. The summed E-state index contributed by atoms with van der Waals surface area (Å²) in [7, 11) is -3.68. The van der Waals surface area contributed by atoms with E-state index in [9.17, 15) is 18.0 Å². The maximum absolute atomic E-state index is 12.6. The molecule has 2 aromatic rings. The summed E-state index contributed by atoms with van der Waals surface area (Å²) in [6.07, 6.45) is 0. The minimum absolute atomic E-state index is 0.0197. The summed E-state index contributed by atoms with van der Waals surface area (Å²) in [5.74, 6) is -0.703. The van der Waals surface area contributed by atoms with E-state index in [0.29, 0.717) is 24.6 Å². The van der Waals surface area contributed by atoms with Gasteiger partial charge >= 0.3 is 5.97 Å². The van der Waals surface area contributed by atoms with E-state index < -0.39 is 22.6 Å². The van der Waals surface area contributed by atoms with Crippen molar-refractivity contribution in [1.29, 1.82) is 0 Å². The number of ether oxygens (including phenoxy) is 1. The van der Waals surface area contributed by atoms with Crippen LogP contribution in [0, 0.1) is 0 Å². The highest BCUT2D eigenvalue weighted by Gasteiger charge is 2.23. The van der Waals surface area contributed by atoms with Crippen molar-refractivity contribution in [3.8, 4) is 0 Å². The van der Waals surface area contributed by atoms with Gasteiger partial charge in [0.2, 0.25) is 10.0 Å². The summed E-state index contributed by atoms with van der Waals surface area (Å²) in [6.45, 7) is 7.87. The molecule has 0 radical (unpaired) electrons. The molecule has 0 aromatic heterocycles. The van der Waals surface area contributed by atoms with E-state index >= 15 is 0 Å². The van der Waals surface area contributed by atoms with Gasteiger partial charge in [0.05, 0.1) is 10.5 Å². The Morgan fingerprint density at radius 3 is 2.14 bits per heavy atom. The summed E-state index contributed by atoms with van der Waals surface area (Å²) in [5.41, 5.74) is 1.66. The van der Waals surface area contributed by atoms with Crippen molar-refractivity contribution < 1.29 is 22.7 Å². The summed E-state index contributed by atoms with van der Waals surface area (Å²) < 4.78 is 31.6. The van der Waals surface area contributed by atoms with E-state index in [-0.39, 0.29) is 16.2 Å². The second-order valence-electron chi connectivity index (χ2n) is 6.89. The normalized spacial score (nSPS) is 11.7. The fraction of sp³-hybridized carbons (Fsp3) is 0.364. The lowest BCUT2D eigenvalue weighted by Gasteiger charge is -2.18. The molecule has 0 spiro atoms. The number of rotatable bonds is 9. The molecule has 6 nitrogen and oxygen atoms in total. The number of carbonyl (C=O) groups excluding carboxylic acids is 2. The van der Waals surface area contributed by atoms with Gasteiger partial charge in [0.25, 0.3) is 0 Å². The molecule has 0 atom stereocenters. The van der Waals surface area contributed by atoms with Crippen LogP contribution in [-0.4, -0.2) is 44.2 Å². The molecular formula is C22H27NO5S. The highest BCUT2D eigenvalue weighted by Crippen LogP contribution is 2.18. The van der Waals surface area contributed by atoms with Crippen molar-refractivity contribution in [2.75, 3.05) is 19.7 Å². The molecule has 0 saturated heterocycles. The third-order valence-corrected chi connectivity index (χ3v) is 6.69. The summed E-state index contributed by atoms with van der Waals surface area (Å²) >= 11 is 0. The maximum atomic E-state index is 12.6. The number of benzene rings is 2. The van der Waals surface area contributed by atoms with E-state index in [1.54, 1.807) is 26.0 Å². The van der Waals surface area contributed by atoms with Gasteiger partial charge in [-0.1, -0.05) is 58.0 Å². The van der Waals surface area contributed by atoms with Gasteiger partial charge in [0, 0.05) is 18.7 Å². The Balaban J connectivity index is 2.08. The first kappa shape index (κ1) is 22.8. The molecule has 29 heavy (non-hydrogen) atoms. The Morgan fingerprint density at radius 2 is 1.59 bits per heavy atom. The van der Waals surface area contributed by atoms with Gasteiger partial charge in [-0.05, 0) is 29.7 Å². The molecule has 156 valence electrons. The van der Waals surface area contributed by atoms with E-state index in [4.69, 9.17) is 4.74 Å². The number of hydrogen-bond acceptors (Lipinski definition) is 5. The van der Waals surface area contributed by atoms with Gasteiger partial charge in [-0.2, -0.15) is 4.31 Å². The molecule has 0 aliphatic heterocycles. The van der Waals surface area contributed by atoms with Gasteiger partial charge in [-0.25, -0.2) is 13.2 Å². The topological polar surface area (TPSA) is 80.8 Å². The zero-order chi connectivity index (χ0) is 21.6. The third kappa shape index (κ3) is 5.52. The van der Waals surface area contributed by atoms with Crippen molar-refractivity contribution in [2.24, 2.45) is 0 Å². The average Bonchev–Trinajstić information content (AvgIpc) is 2.72. The first-order chi connectivity index (χ1) is 13.7. The minimum atomic E-state index is -3.68. The molecule has 2 aromatic carbocycles. The summed E-state index contributed by atoms with van der Waals surface area (Å²) in [4.78, 5) is 24.6. The molecule has 0 aliphatic carbocycles. The highest BCUT2D eigenvalue weighted by atomic mass is 32.2. The van der Waals surface area contributed by atoms with Crippen molar-refractivity contribution in [3.05, 3.63) is 65.2 Å². The number of hydrogen-bond donors (Lipinski definition) is 0. The smallest absolute Gasteiger partial charge is 0.338 e. The monoisotopic (exact) mass is 417 g/mol. The summed E-state index contributed by atoms with van der Waals surface area (Å²) in [6, 6.07) is 12.8. The molecule has 0 N–H and O–H groups in total. The predicted molar refractivity (Wildman–Crippen MR) is 112 cm³/mol. The zero-order valence-corrected chi connectivity index (χ0v) is 18.0. The summed E-state index contributed by atoms with van der Waals surface area (Å²) in [5, 5.41) is 0. The molecule has 0 aliphatic rings. The average molecular weight is 418 g/mol. The van der Waals surface area contributed by atoms with Crippen LogP contribution in [0.1, 0.15) is 59.9 Å². The number of esters is 1. The molecule has 2 rings (SSSR count). The molecular weight excluding hydrogens is 390 g/mol. The Morgan fingerprint density at radius 1 is 0.966 bits per heavy atom. The van der Waals surface area contributed by atoms with Crippen LogP contribution in [0.2, 0.25) is 0 Å². The number of sulfonamides is 1. The van der Waals surface area contributed by atoms with Crippen LogP contribution in [0.4, 0.5) is 0 Å². The van der Waals surface area contributed by atoms with Crippen LogP contribution < -0.4 is 0 Å². The van der Waals surface area contributed by atoms with Gasteiger partial charge in [0.1, 0.15) is 0 Å². The molecule has 0 amide bonds. The Labute approximate surface area is 172 Å². The fourth-order valence-electron chi connectivity index (χ4n) is 2.85. The molecule has 0 saturated carbocycles. The molecule has 0 bridgehead atoms. The van der Waals surface area contributed by atoms with Crippen LogP contribution in [0.15, 0.2) is 53.4 Å². The van der Waals surface area contributed by atoms with Crippen LogP contribution in [0.5, 0.6) is 0 Å². The van der Waals surface area contributed by atoms with Crippen LogP contribution in [0.3, 0.4) is 0 Å². The standard InChI is InChI=1S/C22H27NO5S/c1-5-23(6-2)29(26,27)20-9-7-8-19(14-20)22(25)28-15-21(24)18-12-10-17(11-13-18)16(3)4/h7-14,16H,5-6,15H2,1-4H3. The third-order valence-electron chi connectivity index (χ3n) is 4.65. The number of carbonyl (C=O) groups is 2. The van der Waals surface area contributed by atoms with E-state index in [1.165, 1.54) is 28.6 Å². The number of Topliss-reactive ketones (excluding diaryl/α,β-unsaturated/α-hetero) is 1. The van der Waals surface area contributed by atoms with Crippen LogP contribution in [0.25, 0.3) is 0 Å². The predicted octanol–water partition coefficient (Wildman–Crippen LogP) is 3.88. The molecule has 0 fully saturated rings. The van der Waals surface area contributed by atoms with Crippen molar-refractivity contribution in [3.63, 3.8) is 0 Å². The molecule has 0 heterocycles. The zero-order valence-electron chi connectivity index (χ0n) is 17.2.